The van der Waals surface area contributed by atoms with Gasteiger partial charge in [-0.2, -0.15) is 0 Å². The second-order valence-corrected chi connectivity index (χ2v) is 6.65. The van der Waals surface area contributed by atoms with Gasteiger partial charge in [0, 0.05) is 44.6 Å². The topological polar surface area (TPSA) is 74.9 Å². The average molecular weight is 323 g/mol. The number of ether oxygens (including phenoxy) is 2. The Balaban J connectivity index is 1.82. The summed E-state index contributed by atoms with van der Waals surface area (Å²) < 4.78 is 10.1. The number of aromatic nitrogens is 1. The molecule has 128 valence electrons. The summed E-state index contributed by atoms with van der Waals surface area (Å²) in [4.78, 5) is 30.5. The van der Waals surface area contributed by atoms with Crippen molar-refractivity contribution in [1.29, 1.82) is 0 Å². The summed E-state index contributed by atoms with van der Waals surface area (Å²) >= 11 is 0. The maximum absolute atomic E-state index is 12.0. The zero-order valence-electron chi connectivity index (χ0n) is 14.2. The van der Waals surface area contributed by atoms with Crippen molar-refractivity contribution in [2.75, 3.05) is 33.3 Å². The van der Waals surface area contributed by atoms with E-state index in [1.807, 2.05) is 20.8 Å². The van der Waals surface area contributed by atoms with Gasteiger partial charge in [-0.15, -0.1) is 0 Å². The lowest BCUT2D eigenvalue weighted by molar-refractivity contribution is 0.0138. The molecule has 7 heteroatoms. The molecule has 0 saturated carbocycles. The Bertz CT molecular complexity index is 554. The van der Waals surface area contributed by atoms with Gasteiger partial charge in [-0.05, 0) is 26.8 Å². The molecule has 1 amide bonds. The molecule has 1 saturated heterocycles. The Kier molecular flexibility index (Phi) is 5.30. The van der Waals surface area contributed by atoms with Crippen molar-refractivity contribution in [3.63, 3.8) is 0 Å². The van der Waals surface area contributed by atoms with Gasteiger partial charge in [0.1, 0.15) is 5.60 Å². The number of esters is 1. The van der Waals surface area contributed by atoms with Gasteiger partial charge in [-0.25, -0.2) is 9.59 Å². The van der Waals surface area contributed by atoms with Crippen molar-refractivity contribution in [2.45, 2.75) is 32.9 Å². The van der Waals surface area contributed by atoms with Crippen LogP contribution in [-0.4, -0.2) is 65.7 Å². The second kappa shape index (κ2) is 7.04. The molecule has 1 aliphatic rings. The quantitative estimate of drug-likeness (QED) is 0.859. The average Bonchev–Trinajstić information content (AvgIpc) is 2.94. The van der Waals surface area contributed by atoms with Crippen LogP contribution in [0.4, 0.5) is 4.79 Å². The van der Waals surface area contributed by atoms with E-state index in [2.05, 4.69) is 14.6 Å². The number of aromatic amines is 1. The molecule has 0 unspecified atom stereocenters. The van der Waals surface area contributed by atoms with E-state index in [9.17, 15) is 9.59 Å². The lowest BCUT2D eigenvalue weighted by atomic mass is 10.2. The Labute approximate surface area is 136 Å². The van der Waals surface area contributed by atoms with Crippen molar-refractivity contribution in [2.24, 2.45) is 0 Å². The zero-order valence-corrected chi connectivity index (χ0v) is 14.2. The van der Waals surface area contributed by atoms with E-state index in [4.69, 9.17) is 4.74 Å². The van der Waals surface area contributed by atoms with E-state index in [1.165, 1.54) is 7.11 Å². The number of amides is 1. The second-order valence-electron chi connectivity index (χ2n) is 6.65. The molecule has 2 rings (SSSR count). The van der Waals surface area contributed by atoms with Crippen molar-refractivity contribution in [3.8, 4) is 0 Å². The summed E-state index contributed by atoms with van der Waals surface area (Å²) in [6.07, 6.45) is 1.39. The van der Waals surface area contributed by atoms with Crippen LogP contribution in [0.3, 0.4) is 0 Å². The van der Waals surface area contributed by atoms with Crippen LogP contribution in [0.2, 0.25) is 0 Å². The number of H-pyrrole nitrogens is 1. The number of carbonyl (C=O) groups is 2. The van der Waals surface area contributed by atoms with Crippen LogP contribution in [0, 0.1) is 0 Å². The zero-order chi connectivity index (χ0) is 17.0. The van der Waals surface area contributed by atoms with E-state index in [0.717, 1.165) is 18.8 Å². The molecule has 23 heavy (non-hydrogen) atoms. The Hall–Kier alpha value is -2.02. The number of carbonyl (C=O) groups excluding carboxylic acids is 2. The minimum absolute atomic E-state index is 0.259. The first kappa shape index (κ1) is 17.3. The van der Waals surface area contributed by atoms with Gasteiger partial charge in [-0.3, -0.25) is 4.90 Å². The van der Waals surface area contributed by atoms with Gasteiger partial charge < -0.3 is 19.4 Å². The van der Waals surface area contributed by atoms with Crippen LogP contribution in [0.15, 0.2) is 12.3 Å². The fourth-order valence-corrected chi connectivity index (χ4v) is 2.42. The van der Waals surface area contributed by atoms with Crippen LogP contribution >= 0.6 is 0 Å². The molecule has 0 aliphatic carbocycles. The third-order valence-corrected chi connectivity index (χ3v) is 3.58. The maximum atomic E-state index is 12.0. The number of piperazine rings is 1. The van der Waals surface area contributed by atoms with Crippen LogP contribution in [0.5, 0.6) is 0 Å². The Morgan fingerprint density at radius 3 is 2.43 bits per heavy atom. The van der Waals surface area contributed by atoms with E-state index >= 15 is 0 Å². The molecule has 7 nitrogen and oxygen atoms in total. The number of rotatable bonds is 3. The molecular weight excluding hydrogens is 298 g/mol. The summed E-state index contributed by atoms with van der Waals surface area (Å²) in [7, 11) is 1.37. The summed E-state index contributed by atoms with van der Waals surface area (Å²) in [5.41, 5.74) is 1.01. The first-order valence-electron chi connectivity index (χ1n) is 7.74. The van der Waals surface area contributed by atoms with Crippen LogP contribution in [0.25, 0.3) is 0 Å². The van der Waals surface area contributed by atoms with E-state index in [-0.39, 0.29) is 12.1 Å². The van der Waals surface area contributed by atoms with Crippen LogP contribution in [0.1, 0.15) is 36.8 Å². The summed E-state index contributed by atoms with van der Waals surface area (Å²) in [5.74, 6) is -0.345. The molecule has 0 spiro atoms. The smallest absolute Gasteiger partial charge is 0.410 e. The van der Waals surface area contributed by atoms with Crippen LogP contribution < -0.4 is 0 Å². The maximum Gasteiger partial charge on any atom is 0.410 e. The number of nitrogens with one attached hydrogen (secondary N) is 1. The van der Waals surface area contributed by atoms with Gasteiger partial charge in [0.2, 0.25) is 0 Å². The minimum atomic E-state index is -0.469. The lowest BCUT2D eigenvalue weighted by Crippen LogP contribution is -2.49. The molecule has 1 N–H and O–H groups in total. The minimum Gasteiger partial charge on any atom is -0.465 e. The summed E-state index contributed by atoms with van der Waals surface area (Å²) in [6.45, 7) is 9.12. The molecule has 1 aliphatic heterocycles. The van der Waals surface area contributed by atoms with E-state index < -0.39 is 5.60 Å². The van der Waals surface area contributed by atoms with Crippen molar-refractivity contribution < 1.29 is 19.1 Å². The monoisotopic (exact) mass is 323 g/mol. The third kappa shape index (κ3) is 4.99. The molecule has 0 bridgehead atoms. The molecule has 0 atom stereocenters. The highest BCUT2D eigenvalue weighted by molar-refractivity contribution is 5.89. The van der Waals surface area contributed by atoms with Crippen LogP contribution in [-0.2, 0) is 16.0 Å². The number of hydrogen-bond donors (Lipinski definition) is 1. The largest absolute Gasteiger partial charge is 0.465 e. The molecule has 1 aromatic heterocycles. The predicted octanol–water partition coefficient (Wildman–Crippen LogP) is 1.85. The molecule has 2 heterocycles. The Morgan fingerprint density at radius 1 is 1.22 bits per heavy atom. The van der Waals surface area contributed by atoms with E-state index in [0.29, 0.717) is 25.2 Å². The first-order chi connectivity index (χ1) is 10.8. The number of nitrogens with zero attached hydrogens (tertiary/aromatic N) is 2. The summed E-state index contributed by atoms with van der Waals surface area (Å²) in [5, 5.41) is 0. The van der Waals surface area contributed by atoms with Gasteiger partial charge in [0.05, 0.1) is 12.7 Å². The highest BCUT2D eigenvalue weighted by Gasteiger charge is 2.26. The van der Waals surface area contributed by atoms with Crippen molar-refractivity contribution in [1.82, 2.24) is 14.8 Å². The van der Waals surface area contributed by atoms with Gasteiger partial charge in [-0.1, -0.05) is 0 Å². The number of hydrogen-bond acceptors (Lipinski definition) is 5. The van der Waals surface area contributed by atoms with Gasteiger partial charge in [0.25, 0.3) is 0 Å². The predicted molar refractivity (Wildman–Crippen MR) is 85.2 cm³/mol. The highest BCUT2D eigenvalue weighted by atomic mass is 16.6. The molecule has 0 radical (unpaired) electrons. The molecule has 0 aromatic carbocycles. The number of methoxy groups -OCH3 is 1. The summed E-state index contributed by atoms with van der Waals surface area (Å²) in [6, 6.07) is 1.80. The SMILES string of the molecule is COC(=O)c1c[nH]c(CN2CCN(C(=O)OC(C)(C)C)CC2)c1. The Morgan fingerprint density at radius 2 is 1.87 bits per heavy atom. The molecule has 1 aromatic rings. The fraction of sp³-hybridized carbons (Fsp3) is 0.625. The van der Waals surface area contributed by atoms with Crippen molar-refractivity contribution in [3.05, 3.63) is 23.5 Å². The molecule has 1 fully saturated rings. The first-order valence-corrected chi connectivity index (χ1v) is 7.74. The standard InChI is InChI=1S/C16H25N3O4/c1-16(2,3)23-15(21)19-7-5-18(6-8-19)11-13-9-12(10-17-13)14(20)22-4/h9-10,17H,5-8,11H2,1-4H3. The normalized spacial score (nSPS) is 16.3. The van der Waals surface area contributed by atoms with E-state index in [1.54, 1.807) is 17.2 Å². The lowest BCUT2D eigenvalue weighted by Gasteiger charge is -2.35. The third-order valence-electron chi connectivity index (χ3n) is 3.58. The highest BCUT2D eigenvalue weighted by Crippen LogP contribution is 2.14. The molecular formula is C16H25N3O4. The fourth-order valence-electron chi connectivity index (χ4n) is 2.42. The van der Waals surface area contributed by atoms with Crippen molar-refractivity contribution >= 4 is 12.1 Å². The van der Waals surface area contributed by atoms with Gasteiger partial charge in [0.15, 0.2) is 0 Å². The van der Waals surface area contributed by atoms with Gasteiger partial charge >= 0.3 is 12.1 Å².